The van der Waals surface area contributed by atoms with E-state index in [0.717, 1.165) is 12.1 Å². The minimum Gasteiger partial charge on any atom is -0.310 e. The molecule has 0 unspecified atom stereocenters. The van der Waals surface area contributed by atoms with Crippen molar-refractivity contribution in [1.82, 2.24) is 19.6 Å². The fourth-order valence-electron chi connectivity index (χ4n) is 2.56. The molecule has 1 fully saturated rings. The molecule has 4 rings (SSSR count). The van der Waals surface area contributed by atoms with Crippen LogP contribution in [0.4, 0.5) is 5.69 Å². The third-order valence-corrected chi connectivity index (χ3v) is 5.07. The summed E-state index contributed by atoms with van der Waals surface area (Å²) < 4.78 is 1.60. The lowest BCUT2D eigenvalue weighted by molar-refractivity contribution is -0.116. The average molecular weight is 346 g/mol. The Morgan fingerprint density at radius 3 is 2.96 bits per heavy atom. The number of aromatic nitrogens is 4. The van der Waals surface area contributed by atoms with E-state index in [9.17, 15) is 4.79 Å². The molecule has 1 aliphatic heterocycles. The summed E-state index contributed by atoms with van der Waals surface area (Å²) in [5.41, 5.74) is 0.756. The second-order valence-electron chi connectivity index (χ2n) is 5.10. The summed E-state index contributed by atoms with van der Waals surface area (Å²) >= 11 is 7.57. The van der Waals surface area contributed by atoms with Crippen LogP contribution in [0.3, 0.4) is 0 Å². The highest BCUT2D eigenvalue weighted by Gasteiger charge is 2.35. The number of carbonyl (C=O) groups excluding carboxylic acids is 1. The normalized spacial score (nSPS) is 18.0. The van der Waals surface area contributed by atoms with Crippen LogP contribution >= 0.6 is 23.4 Å². The van der Waals surface area contributed by atoms with Crippen molar-refractivity contribution in [3.63, 3.8) is 0 Å². The molecular formula is C15H12ClN5OS. The van der Waals surface area contributed by atoms with Crippen LogP contribution in [0.15, 0.2) is 47.9 Å². The zero-order valence-electron chi connectivity index (χ0n) is 12.0. The number of nitrogens with zero attached hydrogens (tertiary/aromatic N) is 5. The molecule has 0 radical (unpaired) electrons. The van der Waals surface area contributed by atoms with E-state index in [-0.39, 0.29) is 11.2 Å². The third-order valence-electron chi connectivity index (χ3n) is 3.64. The molecule has 0 N–H and O–H groups in total. The number of anilines is 1. The molecule has 0 saturated carbocycles. The Morgan fingerprint density at radius 2 is 2.13 bits per heavy atom. The number of amides is 1. The smallest absolute Gasteiger partial charge is 0.253 e. The largest absolute Gasteiger partial charge is 0.310 e. The molecule has 8 heteroatoms. The predicted octanol–water partition coefficient (Wildman–Crippen LogP) is 2.68. The van der Waals surface area contributed by atoms with Crippen molar-refractivity contribution >= 4 is 40.7 Å². The van der Waals surface area contributed by atoms with Crippen molar-refractivity contribution in [2.75, 3.05) is 11.4 Å². The first-order valence-electron chi connectivity index (χ1n) is 7.12. The van der Waals surface area contributed by atoms with Gasteiger partial charge in [-0.1, -0.05) is 35.5 Å². The van der Waals surface area contributed by atoms with Crippen LogP contribution in [0.1, 0.15) is 6.42 Å². The number of fused-ring (bicyclic) bond motifs is 1. The summed E-state index contributed by atoms with van der Waals surface area (Å²) in [6.07, 6.45) is 4.18. The van der Waals surface area contributed by atoms with Gasteiger partial charge in [0.1, 0.15) is 0 Å². The summed E-state index contributed by atoms with van der Waals surface area (Å²) in [7, 11) is 0. The Balaban J connectivity index is 1.55. The maximum atomic E-state index is 12.6. The molecule has 1 amide bonds. The van der Waals surface area contributed by atoms with E-state index in [1.807, 2.05) is 18.2 Å². The Morgan fingerprint density at radius 1 is 1.26 bits per heavy atom. The summed E-state index contributed by atoms with van der Waals surface area (Å²) in [6.45, 7) is 0.645. The quantitative estimate of drug-likeness (QED) is 0.730. The fourth-order valence-corrected chi connectivity index (χ4v) is 3.78. The van der Waals surface area contributed by atoms with Crippen molar-refractivity contribution in [3.8, 4) is 0 Å². The van der Waals surface area contributed by atoms with Crippen LogP contribution in [0.5, 0.6) is 0 Å². The summed E-state index contributed by atoms with van der Waals surface area (Å²) in [4.78, 5) is 22.8. The minimum absolute atomic E-state index is 0.0370. The third kappa shape index (κ3) is 2.66. The standard InChI is InChI=1S/C15H12ClN5OS/c16-10-4-1-2-5-11(10)20-9-6-12(13(20)22)23-15-18-14-17-7-3-8-21(14)19-15/h1-5,7-8,12H,6,9H2/t12-/m0/s1. The van der Waals surface area contributed by atoms with Gasteiger partial charge in [-0.05, 0) is 24.6 Å². The highest BCUT2D eigenvalue weighted by Crippen LogP contribution is 2.34. The average Bonchev–Trinajstić information content (AvgIpc) is 3.12. The number of halogens is 1. The summed E-state index contributed by atoms with van der Waals surface area (Å²) in [6, 6.07) is 9.17. The summed E-state index contributed by atoms with van der Waals surface area (Å²) in [5, 5.41) is 5.27. The van der Waals surface area contributed by atoms with Crippen LogP contribution in [-0.2, 0) is 4.79 Å². The first kappa shape index (κ1) is 14.5. The molecule has 1 atom stereocenters. The molecular weight excluding hydrogens is 334 g/mol. The van der Waals surface area contributed by atoms with Crippen LogP contribution in [0.2, 0.25) is 5.02 Å². The molecule has 23 heavy (non-hydrogen) atoms. The van der Waals surface area contributed by atoms with Gasteiger partial charge in [0.25, 0.3) is 5.78 Å². The van der Waals surface area contributed by atoms with Gasteiger partial charge in [-0.3, -0.25) is 4.79 Å². The molecule has 1 aliphatic rings. The van der Waals surface area contributed by atoms with Crippen LogP contribution in [-0.4, -0.2) is 37.3 Å². The lowest BCUT2D eigenvalue weighted by atomic mass is 10.3. The van der Waals surface area contributed by atoms with Gasteiger partial charge in [-0.15, -0.1) is 5.10 Å². The zero-order valence-corrected chi connectivity index (χ0v) is 13.5. The van der Waals surface area contributed by atoms with Gasteiger partial charge in [0, 0.05) is 18.9 Å². The number of carbonyl (C=O) groups is 1. The van der Waals surface area contributed by atoms with Gasteiger partial charge < -0.3 is 4.90 Å². The maximum absolute atomic E-state index is 12.6. The van der Waals surface area contributed by atoms with E-state index in [2.05, 4.69) is 15.1 Å². The molecule has 1 saturated heterocycles. The summed E-state index contributed by atoms with van der Waals surface area (Å²) in [5.74, 6) is 0.568. The van der Waals surface area contributed by atoms with E-state index in [1.54, 1.807) is 33.9 Å². The zero-order chi connectivity index (χ0) is 15.8. The monoisotopic (exact) mass is 345 g/mol. The van der Waals surface area contributed by atoms with Crippen molar-refractivity contribution < 1.29 is 4.79 Å². The van der Waals surface area contributed by atoms with Gasteiger partial charge in [0.05, 0.1) is 16.0 Å². The van der Waals surface area contributed by atoms with Crippen LogP contribution in [0.25, 0.3) is 5.78 Å². The highest BCUT2D eigenvalue weighted by molar-refractivity contribution is 8.00. The molecule has 0 bridgehead atoms. The SMILES string of the molecule is O=C1[C@@H](Sc2nc3ncccn3n2)CCN1c1ccccc1Cl. The van der Waals surface area contributed by atoms with Gasteiger partial charge in [-0.2, -0.15) is 4.98 Å². The molecule has 3 aromatic rings. The second kappa shape index (κ2) is 5.82. The lowest BCUT2D eigenvalue weighted by Crippen LogP contribution is -2.28. The lowest BCUT2D eigenvalue weighted by Gasteiger charge is -2.17. The van der Waals surface area contributed by atoms with Crippen LogP contribution < -0.4 is 4.90 Å². The first-order valence-corrected chi connectivity index (χ1v) is 8.38. The van der Waals surface area contributed by atoms with Crippen molar-refractivity contribution in [2.45, 2.75) is 16.8 Å². The van der Waals surface area contributed by atoms with E-state index < -0.39 is 0 Å². The highest BCUT2D eigenvalue weighted by atomic mass is 35.5. The number of hydrogen-bond acceptors (Lipinski definition) is 5. The number of rotatable bonds is 3. The second-order valence-corrected chi connectivity index (χ2v) is 6.67. The van der Waals surface area contributed by atoms with Crippen molar-refractivity contribution in [1.29, 1.82) is 0 Å². The number of benzene rings is 1. The van der Waals surface area contributed by atoms with Gasteiger partial charge in [-0.25, -0.2) is 9.50 Å². The number of hydrogen-bond donors (Lipinski definition) is 0. The van der Waals surface area contributed by atoms with E-state index in [0.29, 0.717) is 22.5 Å². The Labute approximate surface area is 141 Å². The molecule has 2 aromatic heterocycles. The van der Waals surface area contributed by atoms with Crippen molar-refractivity contribution in [2.24, 2.45) is 0 Å². The molecule has 1 aromatic carbocycles. The predicted molar refractivity (Wildman–Crippen MR) is 88.8 cm³/mol. The Bertz CT molecular complexity index is 850. The van der Waals surface area contributed by atoms with Gasteiger partial charge in [0.15, 0.2) is 0 Å². The topological polar surface area (TPSA) is 63.4 Å². The minimum atomic E-state index is -0.205. The van der Waals surface area contributed by atoms with E-state index in [4.69, 9.17) is 11.6 Å². The number of thioether (sulfide) groups is 1. The molecule has 116 valence electrons. The molecule has 6 nitrogen and oxygen atoms in total. The van der Waals surface area contributed by atoms with Gasteiger partial charge in [0.2, 0.25) is 11.1 Å². The first-order chi connectivity index (χ1) is 11.2. The van der Waals surface area contributed by atoms with Crippen molar-refractivity contribution in [3.05, 3.63) is 47.7 Å². The van der Waals surface area contributed by atoms with E-state index >= 15 is 0 Å². The molecule has 0 spiro atoms. The Kier molecular flexibility index (Phi) is 3.66. The maximum Gasteiger partial charge on any atom is 0.253 e. The Hall–Kier alpha value is -2.12. The fraction of sp³-hybridized carbons (Fsp3) is 0.200. The van der Waals surface area contributed by atoms with Crippen LogP contribution in [0, 0.1) is 0 Å². The molecule has 0 aliphatic carbocycles. The number of para-hydroxylation sites is 1. The van der Waals surface area contributed by atoms with Gasteiger partial charge >= 0.3 is 0 Å². The molecule has 3 heterocycles. The van der Waals surface area contributed by atoms with E-state index in [1.165, 1.54) is 11.8 Å².